The Hall–Kier alpha value is -2.96. The first-order chi connectivity index (χ1) is 13.1. The second kappa shape index (κ2) is 7.34. The third kappa shape index (κ3) is 3.63. The van der Waals surface area contributed by atoms with Crippen molar-refractivity contribution in [3.05, 3.63) is 52.7 Å². The van der Waals surface area contributed by atoms with E-state index in [1.54, 1.807) is 10.9 Å². The van der Waals surface area contributed by atoms with Gasteiger partial charge in [-0.25, -0.2) is 9.67 Å². The molecule has 0 unspecified atom stereocenters. The first kappa shape index (κ1) is 17.5. The van der Waals surface area contributed by atoms with E-state index in [2.05, 4.69) is 15.4 Å². The van der Waals surface area contributed by atoms with E-state index in [-0.39, 0.29) is 17.9 Å². The average molecular weight is 365 g/mol. The van der Waals surface area contributed by atoms with E-state index in [0.717, 1.165) is 24.1 Å². The largest absolute Gasteiger partial charge is 0.353 e. The molecule has 0 atom stereocenters. The molecule has 140 valence electrons. The van der Waals surface area contributed by atoms with Gasteiger partial charge in [0.2, 0.25) is 5.91 Å². The third-order valence-electron chi connectivity index (χ3n) is 5.13. The Morgan fingerprint density at radius 1 is 1.22 bits per heavy atom. The lowest BCUT2D eigenvalue weighted by atomic mass is 10.2. The molecular formula is C20H23N5O2. The van der Waals surface area contributed by atoms with Crippen molar-refractivity contribution in [1.29, 1.82) is 0 Å². The Morgan fingerprint density at radius 2 is 1.96 bits per heavy atom. The molecule has 0 aliphatic heterocycles. The van der Waals surface area contributed by atoms with Crippen LogP contribution in [0.5, 0.6) is 0 Å². The lowest BCUT2D eigenvalue weighted by Crippen LogP contribution is -2.34. The lowest BCUT2D eigenvalue weighted by molar-refractivity contribution is -0.122. The highest BCUT2D eigenvalue weighted by Gasteiger charge is 2.17. The molecule has 0 bridgehead atoms. The first-order valence-electron chi connectivity index (χ1n) is 9.41. The van der Waals surface area contributed by atoms with Crippen LogP contribution in [0.15, 0.2) is 41.6 Å². The Bertz CT molecular complexity index is 1010. The molecule has 1 amide bonds. The number of aryl methyl sites for hydroxylation is 2. The maximum absolute atomic E-state index is 12.7. The summed E-state index contributed by atoms with van der Waals surface area (Å²) >= 11 is 0. The van der Waals surface area contributed by atoms with Crippen LogP contribution in [0.2, 0.25) is 0 Å². The second-order valence-corrected chi connectivity index (χ2v) is 7.17. The molecule has 1 fully saturated rings. The quantitative estimate of drug-likeness (QED) is 0.752. The smallest absolute Gasteiger partial charge is 0.264 e. The summed E-state index contributed by atoms with van der Waals surface area (Å²) in [5.74, 6) is -0.00996. The Kier molecular flexibility index (Phi) is 4.75. The monoisotopic (exact) mass is 365 g/mol. The van der Waals surface area contributed by atoms with Gasteiger partial charge in [0.05, 0.1) is 18.2 Å². The summed E-state index contributed by atoms with van der Waals surface area (Å²) in [7, 11) is 0. The molecule has 1 N–H and O–H groups in total. The Balaban J connectivity index is 1.51. The van der Waals surface area contributed by atoms with Gasteiger partial charge in [0.25, 0.3) is 5.56 Å². The predicted octanol–water partition coefficient (Wildman–Crippen LogP) is 2.34. The molecule has 27 heavy (non-hydrogen) atoms. The number of carbonyl (C=O) groups is 1. The van der Waals surface area contributed by atoms with Crippen molar-refractivity contribution in [2.24, 2.45) is 0 Å². The summed E-state index contributed by atoms with van der Waals surface area (Å²) in [6.45, 7) is 2.33. The third-order valence-corrected chi connectivity index (χ3v) is 5.13. The minimum atomic E-state index is -0.174. The highest BCUT2D eigenvalue weighted by molar-refractivity contribution is 5.76. The van der Waals surface area contributed by atoms with Crippen molar-refractivity contribution < 1.29 is 4.79 Å². The van der Waals surface area contributed by atoms with Crippen molar-refractivity contribution in [1.82, 2.24) is 24.6 Å². The van der Waals surface area contributed by atoms with Crippen LogP contribution in [0.4, 0.5) is 0 Å². The molecule has 3 aromatic rings. The predicted molar refractivity (Wildman–Crippen MR) is 103 cm³/mol. The Morgan fingerprint density at radius 3 is 2.70 bits per heavy atom. The second-order valence-electron chi connectivity index (χ2n) is 7.17. The van der Waals surface area contributed by atoms with E-state index < -0.39 is 0 Å². The molecule has 0 radical (unpaired) electrons. The molecule has 4 rings (SSSR count). The van der Waals surface area contributed by atoms with E-state index in [1.807, 2.05) is 31.2 Å². The van der Waals surface area contributed by atoms with Crippen molar-refractivity contribution >= 4 is 16.9 Å². The van der Waals surface area contributed by atoms with Crippen LogP contribution < -0.4 is 10.9 Å². The number of amides is 1. The lowest BCUT2D eigenvalue weighted by Gasteiger charge is -2.12. The number of fused-ring (bicyclic) bond motifs is 1. The van der Waals surface area contributed by atoms with Crippen molar-refractivity contribution in [2.75, 3.05) is 0 Å². The molecule has 7 nitrogen and oxygen atoms in total. The molecule has 0 spiro atoms. The number of benzene rings is 1. The average Bonchev–Trinajstić information content (AvgIpc) is 3.32. The van der Waals surface area contributed by atoms with Crippen LogP contribution in [-0.4, -0.2) is 31.3 Å². The van der Waals surface area contributed by atoms with Gasteiger partial charge in [-0.1, -0.05) is 30.5 Å². The fourth-order valence-electron chi connectivity index (χ4n) is 3.57. The number of rotatable bonds is 5. The van der Waals surface area contributed by atoms with E-state index >= 15 is 0 Å². The van der Waals surface area contributed by atoms with Crippen LogP contribution in [0.3, 0.4) is 0 Å². The fourth-order valence-corrected chi connectivity index (χ4v) is 3.57. The zero-order valence-corrected chi connectivity index (χ0v) is 15.4. The molecule has 1 aliphatic carbocycles. The molecule has 7 heteroatoms. The van der Waals surface area contributed by atoms with Gasteiger partial charge in [-0.05, 0) is 31.9 Å². The number of nitrogens with zero attached hydrogens (tertiary/aromatic N) is 4. The zero-order chi connectivity index (χ0) is 18.8. The topological polar surface area (TPSA) is 81.8 Å². The number of hydrogen-bond donors (Lipinski definition) is 1. The SMILES string of the molecule is Cc1ccc(-n2ncc3c(=O)n(CCC(=O)NC4CCCC4)cnc32)cc1. The summed E-state index contributed by atoms with van der Waals surface area (Å²) in [6, 6.07) is 8.17. The van der Waals surface area contributed by atoms with Gasteiger partial charge in [0, 0.05) is 19.0 Å². The molecule has 1 saturated carbocycles. The summed E-state index contributed by atoms with van der Waals surface area (Å²) in [6.07, 6.45) is 7.77. The minimum Gasteiger partial charge on any atom is -0.353 e. The van der Waals surface area contributed by atoms with Gasteiger partial charge in [-0.15, -0.1) is 0 Å². The number of nitrogens with one attached hydrogen (secondary N) is 1. The number of hydrogen-bond acceptors (Lipinski definition) is 4. The van der Waals surface area contributed by atoms with Gasteiger partial charge in [0.1, 0.15) is 5.39 Å². The van der Waals surface area contributed by atoms with Crippen LogP contribution in [-0.2, 0) is 11.3 Å². The highest BCUT2D eigenvalue weighted by atomic mass is 16.2. The van der Waals surface area contributed by atoms with E-state index in [1.165, 1.54) is 23.7 Å². The number of aromatic nitrogens is 4. The van der Waals surface area contributed by atoms with Crippen LogP contribution in [0, 0.1) is 6.92 Å². The van der Waals surface area contributed by atoms with Crippen molar-refractivity contribution in [2.45, 2.75) is 51.6 Å². The van der Waals surface area contributed by atoms with Gasteiger partial charge < -0.3 is 5.32 Å². The van der Waals surface area contributed by atoms with Gasteiger partial charge in [0.15, 0.2) is 5.65 Å². The molecular weight excluding hydrogens is 342 g/mol. The molecule has 2 aromatic heterocycles. The normalized spacial score (nSPS) is 14.7. The van der Waals surface area contributed by atoms with Gasteiger partial charge >= 0.3 is 0 Å². The summed E-state index contributed by atoms with van der Waals surface area (Å²) < 4.78 is 3.14. The standard InChI is InChI=1S/C20H23N5O2/c1-14-6-8-16(9-7-14)25-19-17(12-22-25)20(27)24(13-21-19)11-10-18(26)23-15-4-2-3-5-15/h6-9,12-13,15H,2-5,10-11H2,1H3,(H,23,26). The van der Waals surface area contributed by atoms with E-state index in [4.69, 9.17) is 0 Å². The van der Waals surface area contributed by atoms with E-state index in [0.29, 0.717) is 23.6 Å². The molecule has 1 aliphatic rings. The van der Waals surface area contributed by atoms with E-state index in [9.17, 15) is 9.59 Å². The summed E-state index contributed by atoms with van der Waals surface area (Å²) in [5.41, 5.74) is 2.36. The maximum atomic E-state index is 12.7. The fraction of sp³-hybridized carbons (Fsp3) is 0.400. The molecule has 1 aromatic carbocycles. The zero-order valence-electron chi connectivity index (χ0n) is 15.4. The van der Waals surface area contributed by atoms with Crippen molar-refractivity contribution in [3.63, 3.8) is 0 Å². The molecule has 0 saturated heterocycles. The summed E-state index contributed by atoms with van der Waals surface area (Å²) in [5, 5.41) is 7.82. The highest BCUT2D eigenvalue weighted by Crippen LogP contribution is 2.18. The van der Waals surface area contributed by atoms with Gasteiger partial charge in [-0.3, -0.25) is 14.2 Å². The maximum Gasteiger partial charge on any atom is 0.264 e. The van der Waals surface area contributed by atoms with Gasteiger partial charge in [-0.2, -0.15) is 5.10 Å². The van der Waals surface area contributed by atoms with Crippen LogP contribution >= 0.6 is 0 Å². The summed E-state index contributed by atoms with van der Waals surface area (Å²) in [4.78, 5) is 29.2. The Labute approximate surface area is 157 Å². The van der Waals surface area contributed by atoms with Crippen LogP contribution in [0.25, 0.3) is 16.7 Å². The molecule has 2 heterocycles. The minimum absolute atomic E-state index is 0.00996. The first-order valence-corrected chi connectivity index (χ1v) is 9.41. The van der Waals surface area contributed by atoms with Crippen LogP contribution in [0.1, 0.15) is 37.7 Å². The number of carbonyl (C=O) groups excluding carboxylic acids is 1. The van der Waals surface area contributed by atoms with Crippen molar-refractivity contribution in [3.8, 4) is 5.69 Å².